The fourth-order valence-electron chi connectivity index (χ4n) is 4.87. The van der Waals surface area contributed by atoms with E-state index in [-0.39, 0.29) is 23.1 Å². The number of rotatable bonds is 3. The second-order valence-corrected chi connectivity index (χ2v) is 8.65. The Hall–Kier alpha value is -2.02. The third-order valence-electron chi connectivity index (χ3n) is 6.48. The molecule has 1 spiro atoms. The first kappa shape index (κ1) is 19.3. The highest BCUT2D eigenvalue weighted by atomic mass is 16.5. The Balaban J connectivity index is 1.43. The number of nitrogens with zero attached hydrogens (tertiary/aromatic N) is 4. The summed E-state index contributed by atoms with van der Waals surface area (Å²) in [6, 6.07) is 0. The zero-order valence-corrected chi connectivity index (χ0v) is 16.7. The highest BCUT2D eigenvalue weighted by Crippen LogP contribution is 2.40. The zero-order valence-electron chi connectivity index (χ0n) is 16.7. The number of carbonyl (C=O) groups is 2. The highest BCUT2D eigenvalue weighted by molar-refractivity contribution is 5.79. The van der Waals surface area contributed by atoms with Gasteiger partial charge in [-0.25, -0.2) is 0 Å². The minimum atomic E-state index is 0.0190. The summed E-state index contributed by atoms with van der Waals surface area (Å²) in [6.45, 7) is 6.11. The maximum Gasteiger partial charge on any atom is 0.225 e. The molecule has 1 aromatic heterocycles. The fourth-order valence-corrected chi connectivity index (χ4v) is 4.87. The quantitative estimate of drug-likeness (QED) is 0.794. The van der Waals surface area contributed by atoms with Crippen LogP contribution in [0.4, 0.5) is 0 Å². The lowest BCUT2D eigenvalue weighted by molar-refractivity contribution is -0.147. The molecule has 3 saturated heterocycles. The summed E-state index contributed by atoms with van der Waals surface area (Å²) in [5.41, 5.74) is 1.71. The molecule has 0 radical (unpaired) electrons. The molecule has 3 aliphatic heterocycles. The number of likely N-dealkylation sites (tertiary alicyclic amines) is 2. The van der Waals surface area contributed by atoms with Crippen LogP contribution in [0.3, 0.4) is 0 Å². The maximum absolute atomic E-state index is 13.0. The van der Waals surface area contributed by atoms with Crippen LogP contribution in [0.2, 0.25) is 0 Å². The molecule has 3 fully saturated rings. The second-order valence-electron chi connectivity index (χ2n) is 8.65. The van der Waals surface area contributed by atoms with Crippen LogP contribution >= 0.6 is 0 Å². The normalized spacial score (nSPS) is 26.7. The number of ether oxygens (including phenoxy) is 1. The zero-order chi connectivity index (χ0) is 19.6. The standard InChI is InChI=1S/C21H30N4O3/c1-16-11-23-18(12-22-16)13-25-15-21(7-3-19(25)26)6-2-8-24(14-21)20(27)17-4-9-28-10-5-17/h11-12,17H,2-10,13-15H2,1H3/t21-/m0/s1. The molecule has 0 aliphatic carbocycles. The Bertz CT molecular complexity index is 717. The number of hydrogen-bond donors (Lipinski definition) is 0. The predicted octanol–water partition coefficient (Wildman–Crippen LogP) is 1.94. The average molecular weight is 386 g/mol. The number of aryl methyl sites for hydroxylation is 1. The molecule has 1 aromatic rings. The van der Waals surface area contributed by atoms with Gasteiger partial charge >= 0.3 is 0 Å². The fraction of sp³-hybridized carbons (Fsp3) is 0.714. The van der Waals surface area contributed by atoms with Gasteiger partial charge in [0.15, 0.2) is 0 Å². The number of aromatic nitrogens is 2. The summed E-state index contributed by atoms with van der Waals surface area (Å²) in [6.07, 6.45) is 8.69. The van der Waals surface area contributed by atoms with Crippen molar-refractivity contribution < 1.29 is 14.3 Å². The van der Waals surface area contributed by atoms with Crippen LogP contribution in [-0.2, 0) is 20.9 Å². The summed E-state index contributed by atoms with van der Waals surface area (Å²) < 4.78 is 5.41. The largest absolute Gasteiger partial charge is 0.381 e. The molecular formula is C21H30N4O3. The van der Waals surface area contributed by atoms with Crippen molar-refractivity contribution in [1.29, 1.82) is 0 Å². The van der Waals surface area contributed by atoms with Gasteiger partial charge in [-0.2, -0.15) is 0 Å². The predicted molar refractivity (Wildman–Crippen MR) is 103 cm³/mol. The summed E-state index contributed by atoms with van der Waals surface area (Å²) in [5.74, 6) is 0.573. The van der Waals surface area contributed by atoms with Gasteiger partial charge in [-0.1, -0.05) is 0 Å². The average Bonchev–Trinajstić information content (AvgIpc) is 2.73. The molecule has 1 atom stereocenters. The Morgan fingerprint density at radius 3 is 2.79 bits per heavy atom. The minimum absolute atomic E-state index is 0.0190. The van der Waals surface area contributed by atoms with E-state index in [1.807, 2.05) is 11.8 Å². The van der Waals surface area contributed by atoms with Crippen molar-refractivity contribution in [2.24, 2.45) is 11.3 Å². The summed E-state index contributed by atoms with van der Waals surface area (Å²) in [4.78, 5) is 38.3. The van der Waals surface area contributed by atoms with Crippen LogP contribution in [-0.4, -0.2) is 64.4 Å². The number of hydrogen-bond acceptors (Lipinski definition) is 5. The molecule has 2 amide bonds. The Morgan fingerprint density at radius 2 is 2.04 bits per heavy atom. The summed E-state index contributed by atoms with van der Waals surface area (Å²) in [5, 5.41) is 0. The van der Waals surface area contributed by atoms with Crippen molar-refractivity contribution in [1.82, 2.24) is 19.8 Å². The van der Waals surface area contributed by atoms with Gasteiger partial charge in [0.25, 0.3) is 0 Å². The SMILES string of the molecule is Cc1cnc(CN2C[C@@]3(CCCN(C(=O)C4CCOCC4)C3)CCC2=O)cn1. The van der Waals surface area contributed by atoms with Gasteiger partial charge in [-0.3, -0.25) is 19.6 Å². The molecule has 0 saturated carbocycles. The van der Waals surface area contributed by atoms with Crippen LogP contribution in [0.15, 0.2) is 12.4 Å². The van der Waals surface area contributed by atoms with Crippen molar-refractivity contribution >= 4 is 11.8 Å². The minimum Gasteiger partial charge on any atom is -0.381 e. The number of amides is 2. The van der Waals surface area contributed by atoms with Gasteiger partial charge in [-0.05, 0) is 39.0 Å². The Labute approximate surface area is 166 Å². The van der Waals surface area contributed by atoms with Gasteiger partial charge in [0.2, 0.25) is 11.8 Å². The van der Waals surface area contributed by atoms with E-state index in [9.17, 15) is 9.59 Å². The molecule has 28 heavy (non-hydrogen) atoms. The highest BCUT2D eigenvalue weighted by Gasteiger charge is 2.43. The van der Waals surface area contributed by atoms with E-state index in [1.54, 1.807) is 12.4 Å². The van der Waals surface area contributed by atoms with Crippen molar-refractivity contribution in [3.8, 4) is 0 Å². The third-order valence-corrected chi connectivity index (χ3v) is 6.48. The number of carbonyl (C=O) groups excluding carboxylic acids is 2. The Kier molecular flexibility index (Phi) is 5.62. The first-order valence-electron chi connectivity index (χ1n) is 10.5. The lowest BCUT2D eigenvalue weighted by Gasteiger charge is -2.48. The van der Waals surface area contributed by atoms with Crippen LogP contribution in [0, 0.1) is 18.3 Å². The molecule has 0 unspecified atom stereocenters. The lowest BCUT2D eigenvalue weighted by atomic mass is 9.73. The molecule has 7 heteroatoms. The molecule has 0 N–H and O–H groups in total. The molecule has 7 nitrogen and oxygen atoms in total. The van der Waals surface area contributed by atoms with E-state index in [0.717, 1.165) is 56.6 Å². The molecule has 0 bridgehead atoms. The van der Waals surface area contributed by atoms with Crippen LogP contribution in [0.25, 0.3) is 0 Å². The Morgan fingerprint density at radius 1 is 1.21 bits per heavy atom. The lowest BCUT2D eigenvalue weighted by Crippen LogP contribution is -2.55. The summed E-state index contributed by atoms with van der Waals surface area (Å²) >= 11 is 0. The van der Waals surface area contributed by atoms with Crippen molar-refractivity contribution in [2.45, 2.75) is 52.0 Å². The third kappa shape index (κ3) is 4.19. The second kappa shape index (κ2) is 8.15. The van der Waals surface area contributed by atoms with Gasteiger partial charge in [-0.15, -0.1) is 0 Å². The van der Waals surface area contributed by atoms with E-state index >= 15 is 0 Å². The van der Waals surface area contributed by atoms with Gasteiger partial charge < -0.3 is 14.5 Å². The van der Waals surface area contributed by atoms with Crippen molar-refractivity contribution in [3.05, 3.63) is 23.8 Å². The molecule has 4 heterocycles. The van der Waals surface area contributed by atoms with Crippen LogP contribution < -0.4 is 0 Å². The van der Waals surface area contributed by atoms with Gasteiger partial charge in [0, 0.05) is 56.8 Å². The summed E-state index contributed by atoms with van der Waals surface area (Å²) in [7, 11) is 0. The van der Waals surface area contributed by atoms with Crippen molar-refractivity contribution in [2.75, 3.05) is 32.8 Å². The molecule has 3 aliphatic rings. The molecule has 0 aromatic carbocycles. The van der Waals surface area contributed by atoms with Crippen LogP contribution in [0.5, 0.6) is 0 Å². The first-order valence-corrected chi connectivity index (χ1v) is 10.5. The molecule has 4 rings (SSSR count). The van der Waals surface area contributed by atoms with Gasteiger partial charge in [0.1, 0.15) is 0 Å². The van der Waals surface area contributed by atoms with Gasteiger partial charge in [0.05, 0.1) is 24.1 Å². The van der Waals surface area contributed by atoms with Crippen molar-refractivity contribution in [3.63, 3.8) is 0 Å². The van der Waals surface area contributed by atoms with E-state index in [4.69, 9.17) is 4.74 Å². The van der Waals surface area contributed by atoms with E-state index < -0.39 is 0 Å². The van der Waals surface area contributed by atoms with E-state index in [2.05, 4.69) is 14.9 Å². The first-order chi connectivity index (χ1) is 13.5. The number of piperidine rings is 2. The van der Waals surface area contributed by atoms with E-state index in [1.165, 1.54) is 0 Å². The molecular weight excluding hydrogens is 356 g/mol. The molecule has 152 valence electrons. The topological polar surface area (TPSA) is 75.6 Å². The van der Waals surface area contributed by atoms with E-state index in [0.29, 0.717) is 32.7 Å². The smallest absolute Gasteiger partial charge is 0.225 e. The monoisotopic (exact) mass is 386 g/mol. The maximum atomic E-state index is 13.0. The van der Waals surface area contributed by atoms with Crippen LogP contribution in [0.1, 0.15) is 49.9 Å².